The molecule has 1 aliphatic rings. The van der Waals surface area contributed by atoms with Crippen LogP contribution in [0.1, 0.15) is 53.4 Å². The monoisotopic (exact) mass is 227 g/mol. The van der Waals surface area contributed by atoms with Crippen LogP contribution in [-0.4, -0.2) is 34.1 Å². The zero-order valence-corrected chi connectivity index (χ0v) is 11.0. The van der Waals surface area contributed by atoms with Crippen molar-refractivity contribution >= 4 is 5.97 Å². The number of carboxylic acid groups (broad SMARTS) is 1. The molecule has 0 aliphatic carbocycles. The molecule has 3 heteroatoms. The van der Waals surface area contributed by atoms with E-state index < -0.39 is 5.97 Å². The van der Waals surface area contributed by atoms with E-state index in [-0.39, 0.29) is 11.5 Å². The minimum atomic E-state index is -0.663. The lowest BCUT2D eigenvalue weighted by molar-refractivity contribution is -0.140. The predicted molar refractivity (Wildman–Crippen MR) is 65.5 cm³/mol. The molecule has 2 unspecified atom stereocenters. The molecule has 1 aliphatic heterocycles. The Morgan fingerprint density at radius 1 is 1.56 bits per heavy atom. The highest BCUT2D eigenvalue weighted by Crippen LogP contribution is 2.37. The first-order chi connectivity index (χ1) is 7.39. The summed E-state index contributed by atoms with van der Waals surface area (Å²) in [5.41, 5.74) is 0.0199. The lowest BCUT2D eigenvalue weighted by Gasteiger charge is -2.50. The molecule has 2 atom stereocenters. The Labute approximate surface area is 98.8 Å². The van der Waals surface area contributed by atoms with Gasteiger partial charge in [0.25, 0.3) is 0 Å². The molecule has 16 heavy (non-hydrogen) atoms. The van der Waals surface area contributed by atoms with Gasteiger partial charge >= 0.3 is 5.97 Å². The summed E-state index contributed by atoms with van der Waals surface area (Å²) in [4.78, 5) is 13.4. The van der Waals surface area contributed by atoms with E-state index in [0.717, 1.165) is 25.8 Å². The third kappa shape index (κ3) is 2.76. The van der Waals surface area contributed by atoms with Gasteiger partial charge in [-0.25, -0.2) is 0 Å². The zero-order chi connectivity index (χ0) is 12.3. The van der Waals surface area contributed by atoms with E-state index in [0.29, 0.717) is 12.5 Å². The van der Waals surface area contributed by atoms with Crippen LogP contribution < -0.4 is 0 Å². The van der Waals surface area contributed by atoms with Crippen LogP contribution in [0.3, 0.4) is 0 Å². The highest BCUT2D eigenvalue weighted by atomic mass is 16.4. The molecule has 1 saturated heterocycles. The van der Waals surface area contributed by atoms with Crippen LogP contribution in [0.2, 0.25) is 0 Å². The van der Waals surface area contributed by atoms with Gasteiger partial charge in [-0.05, 0) is 52.5 Å². The summed E-state index contributed by atoms with van der Waals surface area (Å²) in [5.74, 6) is -0.378. The molecule has 0 spiro atoms. The van der Waals surface area contributed by atoms with Gasteiger partial charge in [0, 0.05) is 18.0 Å². The molecule has 1 N–H and O–H groups in total. The van der Waals surface area contributed by atoms with Gasteiger partial charge in [0.2, 0.25) is 0 Å². The van der Waals surface area contributed by atoms with Crippen LogP contribution >= 0.6 is 0 Å². The number of rotatable bonds is 4. The van der Waals surface area contributed by atoms with E-state index in [1.54, 1.807) is 0 Å². The summed E-state index contributed by atoms with van der Waals surface area (Å²) in [7, 11) is 0. The Morgan fingerprint density at radius 3 is 2.69 bits per heavy atom. The Morgan fingerprint density at radius 2 is 2.19 bits per heavy atom. The van der Waals surface area contributed by atoms with E-state index >= 15 is 0 Å². The van der Waals surface area contributed by atoms with Crippen molar-refractivity contribution in [3.05, 3.63) is 0 Å². The quantitative estimate of drug-likeness (QED) is 0.803. The van der Waals surface area contributed by atoms with Crippen molar-refractivity contribution in [3.8, 4) is 0 Å². The number of hydrogen-bond donors (Lipinski definition) is 1. The number of nitrogens with zero attached hydrogens (tertiary/aromatic N) is 1. The Hall–Kier alpha value is -0.570. The van der Waals surface area contributed by atoms with Crippen LogP contribution in [0, 0.1) is 5.92 Å². The first-order valence-corrected chi connectivity index (χ1v) is 6.38. The molecule has 0 aromatic carbocycles. The molecule has 0 saturated carbocycles. The van der Waals surface area contributed by atoms with Gasteiger partial charge in [-0.1, -0.05) is 6.92 Å². The van der Waals surface area contributed by atoms with Crippen molar-refractivity contribution in [1.29, 1.82) is 0 Å². The van der Waals surface area contributed by atoms with Crippen molar-refractivity contribution in [3.63, 3.8) is 0 Å². The van der Waals surface area contributed by atoms with Crippen LogP contribution in [0.15, 0.2) is 0 Å². The van der Waals surface area contributed by atoms with Gasteiger partial charge in [0.15, 0.2) is 0 Å². The molecule has 0 radical (unpaired) electrons. The fourth-order valence-electron chi connectivity index (χ4n) is 2.96. The molecular formula is C13H25NO2. The zero-order valence-electron chi connectivity index (χ0n) is 11.0. The van der Waals surface area contributed by atoms with Gasteiger partial charge in [-0.15, -0.1) is 0 Å². The summed E-state index contributed by atoms with van der Waals surface area (Å²) in [6, 6.07) is 0.548. The van der Waals surface area contributed by atoms with Gasteiger partial charge in [0.1, 0.15) is 0 Å². The smallest absolute Gasteiger partial charge is 0.303 e. The first-order valence-electron chi connectivity index (χ1n) is 6.38. The van der Waals surface area contributed by atoms with E-state index in [4.69, 9.17) is 5.11 Å². The third-order valence-electron chi connectivity index (χ3n) is 4.23. The van der Waals surface area contributed by atoms with Crippen molar-refractivity contribution < 1.29 is 9.90 Å². The average Bonchev–Trinajstić information content (AvgIpc) is 2.19. The average molecular weight is 227 g/mol. The predicted octanol–water partition coefficient (Wildman–Crippen LogP) is 2.75. The van der Waals surface area contributed by atoms with Gasteiger partial charge in [-0.2, -0.15) is 0 Å². The fourth-order valence-corrected chi connectivity index (χ4v) is 2.96. The largest absolute Gasteiger partial charge is 0.481 e. The molecule has 1 rings (SSSR count). The molecule has 94 valence electrons. The SMILES string of the molecule is CCC(C)N1CCCC(CC(=O)O)C1(C)C. The molecular weight excluding hydrogens is 202 g/mol. The maximum absolute atomic E-state index is 10.9. The molecule has 0 aromatic heterocycles. The van der Waals surface area contributed by atoms with Crippen molar-refractivity contribution in [2.45, 2.75) is 65.0 Å². The number of aliphatic carboxylic acids is 1. The van der Waals surface area contributed by atoms with Gasteiger partial charge in [0.05, 0.1) is 0 Å². The van der Waals surface area contributed by atoms with Crippen molar-refractivity contribution in [2.24, 2.45) is 5.92 Å². The Bertz CT molecular complexity index is 250. The minimum Gasteiger partial charge on any atom is -0.481 e. The highest BCUT2D eigenvalue weighted by Gasteiger charge is 2.40. The lowest BCUT2D eigenvalue weighted by atomic mass is 9.76. The Kier molecular flexibility index (Phi) is 4.36. The number of piperidine rings is 1. The molecule has 1 heterocycles. The van der Waals surface area contributed by atoms with E-state index in [9.17, 15) is 4.79 Å². The number of hydrogen-bond acceptors (Lipinski definition) is 2. The minimum absolute atomic E-state index is 0.0199. The second-order valence-electron chi connectivity index (χ2n) is 5.54. The van der Waals surface area contributed by atoms with E-state index in [2.05, 4.69) is 32.6 Å². The maximum Gasteiger partial charge on any atom is 0.303 e. The van der Waals surface area contributed by atoms with E-state index in [1.807, 2.05) is 0 Å². The molecule has 0 bridgehead atoms. The molecule has 0 amide bonds. The maximum atomic E-state index is 10.9. The Balaban J connectivity index is 2.78. The number of carboxylic acids is 1. The third-order valence-corrected chi connectivity index (χ3v) is 4.23. The normalized spacial score (nSPS) is 27.6. The van der Waals surface area contributed by atoms with Gasteiger partial charge in [-0.3, -0.25) is 9.69 Å². The lowest BCUT2D eigenvalue weighted by Crippen LogP contribution is -2.56. The van der Waals surface area contributed by atoms with Crippen LogP contribution in [0.5, 0.6) is 0 Å². The van der Waals surface area contributed by atoms with Crippen LogP contribution in [0.4, 0.5) is 0 Å². The van der Waals surface area contributed by atoms with Crippen LogP contribution in [-0.2, 0) is 4.79 Å². The van der Waals surface area contributed by atoms with Crippen molar-refractivity contribution in [1.82, 2.24) is 4.90 Å². The standard InChI is InChI=1S/C13H25NO2/c1-5-10(2)14-8-6-7-11(9-12(15)16)13(14,3)4/h10-11H,5-9H2,1-4H3,(H,15,16). The molecule has 0 aromatic rings. The second-order valence-corrected chi connectivity index (χ2v) is 5.54. The molecule has 3 nitrogen and oxygen atoms in total. The number of carbonyl (C=O) groups is 1. The van der Waals surface area contributed by atoms with E-state index in [1.165, 1.54) is 0 Å². The molecule has 1 fully saturated rings. The van der Waals surface area contributed by atoms with Crippen molar-refractivity contribution in [2.75, 3.05) is 6.54 Å². The second kappa shape index (κ2) is 5.17. The summed E-state index contributed by atoms with van der Waals surface area (Å²) < 4.78 is 0. The highest BCUT2D eigenvalue weighted by molar-refractivity contribution is 5.67. The topological polar surface area (TPSA) is 40.5 Å². The summed E-state index contributed by atoms with van der Waals surface area (Å²) in [6.07, 6.45) is 3.61. The number of likely N-dealkylation sites (tertiary alicyclic amines) is 1. The summed E-state index contributed by atoms with van der Waals surface area (Å²) in [6.45, 7) is 9.95. The van der Waals surface area contributed by atoms with Gasteiger partial charge < -0.3 is 5.11 Å². The first kappa shape index (κ1) is 13.5. The van der Waals surface area contributed by atoms with Crippen LogP contribution in [0.25, 0.3) is 0 Å². The fraction of sp³-hybridized carbons (Fsp3) is 0.923. The summed E-state index contributed by atoms with van der Waals surface area (Å²) >= 11 is 0. The summed E-state index contributed by atoms with van der Waals surface area (Å²) in [5, 5.41) is 8.96.